The van der Waals surface area contributed by atoms with Crippen molar-refractivity contribution < 1.29 is 9.84 Å². The minimum atomic E-state index is -1.27. The van der Waals surface area contributed by atoms with Crippen LogP contribution >= 0.6 is 11.6 Å². The average Bonchev–Trinajstić information content (AvgIpc) is 3.30. The van der Waals surface area contributed by atoms with Gasteiger partial charge in [0.2, 0.25) is 0 Å². The van der Waals surface area contributed by atoms with Gasteiger partial charge in [-0.1, -0.05) is 11.6 Å². The maximum atomic E-state index is 10.5. The van der Waals surface area contributed by atoms with Gasteiger partial charge in [-0.25, -0.2) is 14.6 Å². The number of nitrogens with zero attached hydrogens (tertiary/aromatic N) is 7. The normalized spacial score (nSPS) is 28.0. The molecular formula is C20H27ClN8O2. The van der Waals surface area contributed by atoms with E-state index in [4.69, 9.17) is 16.3 Å². The van der Waals surface area contributed by atoms with Crippen LogP contribution in [0.25, 0.3) is 11.2 Å². The highest BCUT2D eigenvalue weighted by atomic mass is 35.5. The second-order valence-electron chi connectivity index (χ2n) is 9.01. The number of hydrogen-bond donors (Lipinski definition) is 2. The minimum absolute atomic E-state index is 0.0724. The number of fused-ring (bicyclic) bond motifs is 2. The standard InChI is InChI=1S/C20H27ClN8O2/c1-5-22-12-8-15(21)24-17-16(12)23-10-29(17)13-9-14(31-19(2,3)30)20(7-6-11(13)20)18-25-26-27-28(18)4/h8,10-11,13-14,30H,5-7,9H2,1-4H3,(H,22,24)/t11-,13+,14+,20+/m1/s1. The number of halogens is 1. The zero-order valence-corrected chi connectivity index (χ0v) is 18.8. The third kappa shape index (κ3) is 3.11. The van der Waals surface area contributed by atoms with E-state index in [-0.39, 0.29) is 23.5 Å². The van der Waals surface area contributed by atoms with Crippen molar-refractivity contribution in [1.29, 1.82) is 0 Å². The molecule has 2 fully saturated rings. The molecule has 0 saturated heterocycles. The first-order valence-electron chi connectivity index (χ1n) is 10.6. The number of hydrogen-bond acceptors (Lipinski definition) is 8. The van der Waals surface area contributed by atoms with E-state index in [0.717, 1.165) is 42.1 Å². The largest absolute Gasteiger partial charge is 0.383 e. The van der Waals surface area contributed by atoms with Crippen molar-refractivity contribution in [3.05, 3.63) is 23.4 Å². The molecule has 2 saturated carbocycles. The lowest BCUT2D eigenvalue weighted by Gasteiger charge is -2.48. The van der Waals surface area contributed by atoms with Crippen molar-refractivity contribution >= 4 is 28.5 Å². The first kappa shape index (κ1) is 20.6. The third-order valence-corrected chi connectivity index (χ3v) is 6.91. The summed E-state index contributed by atoms with van der Waals surface area (Å²) in [5.74, 6) is -0.246. The summed E-state index contributed by atoms with van der Waals surface area (Å²) in [5.41, 5.74) is 2.04. The predicted molar refractivity (Wildman–Crippen MR) is 115 cm³/mol. The van der Waals surface area contributed by atoms with Gasteiger partial charge in [-0.2, -0.15) is 0 Å². The smallest absolute Gasteiger partial charge is 0.163 e. The summed E-state index contributed by atoms with van der Waals surface area (Å²) in [4.78, 5) is 9.25. The van der Waals surface area contributed by atoms with Crippen LogP contribution in [0.2, 0.25) is 5.15 Å². The molecule has 2 N–H and O–H groups in total. The zero-order valence-electron chi connectivity index (χ0n) is 18.1. The lowest BCUT2D eigenvalue weighted by molar-refractivity contribution is -0.225. The molecule has 0 amide bonds. The quantitative estimate of drug-likeness (QED) is 0.438. The highest BCUT2D eigenvalue weighted by Crippen LogP contribution is 2.63. The molecule has 5 rings (SSSR count). The Morgan fingerprint density at radius 3 is 2.84 bits per heavy atom. The van der Waals surface area contributed by atoms with Gasteiger partial charge in [0.15, 0.2) is 17.3 Å². The Labute approximate surface area is 185 Å². The Hall–Kier alpha value is -2.30. The Balaban J connectivity index is 1.61. The SMILES string of the molecule is CCNc1cc(Cl)nc2c1ncn2[C@H]1C[C@H](OC(C)(C)O)[C@]2(c3nnnn3C)CC[C@H]12. The molecule has 0 unspecified atom stereocenters. The number of aliphatic hydroxyl groups is 1. The van der Waals surface area contributed by atoms with Gasteiger partial charge < -0.3 is 19.7 Å². The Morgan fingerprint density at radius 1 is 1.42 bits per heavy atom. The fourth-order valence-corrected chi connectivity index (χ4v) is 5.74. The summed E-state index contributed by atoms with van der Waals surface area (Å²) < 4.78 is 10.0. The van der Waals surface area contributed by atoms with Crippen molar-refractivity contribution in [2.24, 2.45) is 13.0 Å². The molecule has 3 aromatic rings. The lowest BCUT2D eigenvalue weighted by atomic mass is 9.59. The molecule has 3 heterocycles. The number of imidazole rings is 1. The van der Waals surface area contributed by atoms with E-state index < -0.39 is 5.79 Å². The molecule has 31 heavy (non-hydrogen) atoms. The zero-order chi connectivity index (χ0) is 22.0. The molecule has 11 heteroatoms. The van der Waals surface area contributed by atoms with Crippen LogP contribution in [0.5, 0.6) is 0 Å². The highest BCUT2D eigenvalue weighted by Gasteiger charge is 2.65. The van der Waals surface area contributed by atoms with Crippen LogP contribution in [-0.4, -0.2) is 58.3 Å². The van der Waals surface area contributed by atoms with Crippen molar-refractivity contribution in [2.75, 3.05) is 11.9 Å². The van der Waals surface area contributed by atoms with E-state index >= 15 is 0 Å². The third-order valence-electron chi connectivity index (χ3n) is 6.72. The lowest BCUT2D eigenvalue weighted by Crippen LogP contribution is -2.53. The van der Waals surface area contributed by atoms with Crippen molar-refractivity contribution in [3.63, 3.8) is 0 Å². The van der Waals surface area contributed by atoms with Gasteiger partial charge in [-0.3, -0.25) is 0 Å². The summed E-state index contributed by atoms with van der Waals surface area (Å²) in [7, 11) is 1.85. The topological polar surface area (TPSA) is 116 Å². The van der Waals surface area contributed by atoms with Gasteiger partial charge in [-0.15, -0.1) is 5.10 Å². The second kappa shape index (κ2) is 7.11. The minimum Gasteiger partial charge on any atom is -0.383 e. The van der Waals surface area contributed by atoms with Crippen molar-refractivity contribution in [2.45, 2.75) is 63.4 Å². The van der Waals surface area contributed by atoms with E-state index in [2.05, 4.69) is 35.4 Å². The fraction of sp³-hybridized carbons (Fsp3) is 0.650. The second-order valence-corrected chi connectivity index (χ2v) is 9.40. The van der Waals surface area contributed by atoms with E-state index in [1.54, 1.807) is 24.6 Å². The maximum Gasteiger partial charge on any atom is 0.163 e. The summed E-state index contributed by atoms with van der Waals surface area (Å²) in [6.45, 7) is 6.11. The summed E-state index contributed by atoms with van der Waals surface area (Å²) in [5, 5.41) is 26.5. The number of aryl methyl sites for hydroxylation is 1. The Morgan fingerprint density at radius 2 is 2.23 bits per heavy atom. The molecular weight excluding hydrogens is 420 g/mol. The molecule has 3 aromatic heterocycles. The van der Waals surface area contributed by atoms with E-state index in [1.165, 1.54) is 0 Å². The van der Waals surface area contributed by atoms with Gasteiger partial charge in [0.1, 0.15) is 10.7 Å². The molecule has 0 spiro atoms. The molecule has 0 radical (unpaired) electrons. The molecule has 10 nitrogen and oxygen atoms in total. The van der Waals surface area contributed by atoms with Gasteiger partial charge >= 0.3 is 0 Å². The molecule has 4 atom stereocenters. The molecule has 0 aromatic carbocycles. The predicted octanol–water partition coefficient (Wildman–Crippen LogP) is 2.45. The number of tetrazole rings is 1. The first-order chi connectivity index (χ1) is 14.7. The number of pyridine rings is 1. The average molecular weight is 447 g/mol. The van der Waals surface area contributed by atoms with Gasteiger partial charge in [0.25, 0.3) is 0 Å². The van der Waals surface area contributed by atoms with Crippen LogP contribution in [0.15, 0.2) is 12.4 Å². The number of anilines is 1. The van der Waals surface area contributed by atoms with Crippen molar-refractivity contribution in [1.82, 2.24) is 34.7 Å². The summed E-state index contributed by atoms with van der Waals surface area (Å²) in [6.07, 6.45) is 4.18. The number of rotatable bonds is 6. The fourth-order valence-electron chi connectivity index (χ4n) is 5.55. The van der Waals surface area contributed by atoms with Crippen LogP contribution in [0.4, 0.5) is 5.69 Å². The summed E-state index contributed by atoms with van der Waals surface area (Å²) in [6, 6.07) is 1.88. The van der Waals surface area contributed by atoms with Gasteiger partial charge in [0, 0.05) is 25.7 Å². The van der Waals surface area contributed by atoms with E-state index in [0.29, 0.717) is 11.6 Å². The number of ether oxygens (including phenoxy) is 1. The van der Waals surface area contributed by atoms with Gasteiger partial charge in [-0.05, 0) is 56.4 Å². The number of aromatic nitrogens is 7. The first-order valence-corrected chi connectivity index (χ1v) is 11.0. The monoisotopic (exact) mass is 446 g/mol. The van der Waals surface area contributed by atoms with Crippen molar-refractivity contribution in [3.8, 4) is 0 Å². The molecule has 0 bridgehead atoms. The van der Waals surface area contributed by atoms with Crippen LogP contribution < -0.4 is 5.32 Å². The molecule has 2 aliphatic rings. The maximum absolute atomic E-state index is 10.5. The molecule has 2 aliphatic carbocycles. The molecule has 0 aliphatic heterocycles. The molecule has 166 valence electrons. The van der Waals surface area contributed by atoms with Crippen LogP contribution in [0, 0.1) is 5.92 Å². The Bertz CT molecular complexity index is 1120. The van der Waals surface area contributed by atoms with E-state index in [9.17, 15) is 5.11 Å². The highest BCUT2D eigenvalue weighted by molar-refractivity contribution is 6.30. The van der Waals surface area contributed by atoms with Crippen LogP contribution in [0.3, 0.4) is 0 Å². The Kier molecular flexibility index (Phi) is 4.72. The number of nitrogens with one attached hydrogen (secondary N) is 1. The van der Waals surface area contributed by atoms with Gasteiger partial charge in [0.05, 0.1) is 23.5 Å². The van der Waals surface area contributed by atoms with E-state index in [1.807, 2.05) is 20.3 Å². The summed E-state index contributed by atoms with van der Waals surface area (Å²) >= 11 is 6.34. The van der Waals surface area contributed by atoms with Crippen LogP contribution in [0.1, 0.15) is 51.9 Å². The van der Waals surface area contributed by atoms with Crippen LogP contribution in [-0.2, 0) is 17.2 Å².